The molecule has 7 unspecified atom stereocenters. The zero-order valence-electron chi connectivity index (χ0n) is 24.1. The lowest BCUT2D eigenvalue weighted by molar-refractivity contribution is -0.200. The first-order valence-electron chi connectivity index (χ1n) is 15.4. The monoisotopic (exact) mass is 511 g/mol. The summed E-state index contributed by atoms with van der Waals surface area (Å²) in [6.07, 6.45) is 13.5. The van der Waals surface area contributed by atoms with Gasteiger partial charge >= 0.3 is 5.97 Å². The van der Waals surface area contributed by atoms with E-state index in [1.807, 2.05) is 6.92 Å². The molecule has 2 saturated heterocycles. The first-order chi connectivity index (χ1) is 17.5. The maximum absolute atomic E-state index is 12.8. The van der Waals surface area contributed by atoms with Crippen molar-refractivity contribution in [3.8, 4) is 0 Å². The number of fused-ring (bicyclic) bond motifs is 7. The van der Waals surface area contributed by atoms with Crippen molar-refractivity contribution >= 4 is 11.9 Å². The van der Waals surface area contributed by atoms with Gasteiger partial charge in [0.15, 0.2) is 0 Å². The number of allylic oxidation sites excluding steroid dienone is 1. The lowest BCUT2D eigenvalue weighted by Gasteiger charge is -2.59. The fourth-order valence-electron chi connectivity index (χ4n) is 10.8. The molecule has 2 aliphatic heterocycles. The number of nitrogens with zero attached hydrogens (tertiary/aromatic N) is 1. The Morgan fingerprint density at radius 3 is 2.62 bits per heavy atom. The first-order valence-corrected chi connectivity index (χ1v) is 15.4. The molecule has 0 aromatic carbocycles. The Labute approximate surface area is 224 Å². The second-order valence-corrected chi connectivity index (χ2v) is 14.3. The van der Waals surface area contributed by atoms with E-state index in [1.54, 1.807) is 12.5 Å². The Morgan fingerprint density at radius 1 is 1.11 bits per heavy atom. The van der Waals surface area contributed by atoms with Gasteiger partial charge in [-0.05, 0) is 91.8 Å². The minimum absolute atomic E-state index is 0.0588. The molecule has 11 atom stereocenters. The van der Waals surface area contributed by atoms with Crippen molar-refractivity contribution in [3.05, 3.63) is 11.6 Å². The van der Waals surface area contributed by atoms with E-state index in [2.05, 4.69) is 38.7 Å². The van der Waals surface area contributed by atoms with Crippen molar-refractivity contribution in [2.24, 2.45) is 46.3 Å². The van der Waals surface area contributed by atoms with Crippen molar-refractivity contribution in [2.75, 3.05) is 6.54 Å². The topological polar surface area (TPSA) is 55.8 Å². The van der Waals surface area contributed by atoms with Crippen LogP contribution in [-0.2, 0) is 19.1 Å². The number of rotatable bonds is 2. The molecule has 0 aromatic heterocycles. The van der Waals surface area contributed by atoms with E-state index in [-0.39, 0.29) is 34.9 Å². The third-order valence-electron chi connectivity index (χ3n) is 12.7. The van der Waals surface area contributed by atoms with Crippen LogP contribution in [0.2, 0.25) is 0 Å². The van der Waals surface area contributed by atoms with Crippen LogP contribution in [0.3, 0.4) is 0 Å². The van der Waals surface area contributed by atoms with Crippen LogP contribution >= 0.6 is 0 Å². The van der Waals surface area contributed by atoms with Gasteiger partial charge in [0.2, 0.25) is 5.91 Å². The number of carbonyl (C=O) groups excluding carboxylic acids is 2. The van der Waals surface area contributed by atoms with Gasteiger partial charge in [-0.15, -0.1) is 0 Å². The Bertz CT molecular complexity index is 991. The van der Waals surface area contributed by atoms with Crippen LogP contribution in [0.25, 0.3) is 0 Å². The number of amides is 1. The summed E-state index contributed by atoms with van der Waals surface area (Å²) in [7, 11) is 0. The van der Waals surface area contributed by atoms with Gasteiger partial charge in [0.05, 0.1) is 6.10 Å². The summed E-state index contributed by atoms with van der Waals surface area (Å²) in [5.74, 6) is 3.73. The number of carbonyl (C=O) groups is 2. The highest BCUT2D eigenvalue weighted by atomic mass is 16.5. The van der Waals surface area contributed by atoms with E-state index >= 15 is 0 Å². The van der Waals surface area contributed by atoms with Crippen LogP contribution in [0, 0.1) is 46.3 Å². The van der Waals surface area contributed by atoms with Crippen LogP contribution in [-0.4, -0.2) is 41.3 Å². The average molecular weight is 512 g/mol. The van der Waals surface area contributed by atoms with E-state index in [1.165, 1.54) is 19.3 Å². The van der Waals surface area contributed by atoms with E-state index in [0.717, 1.165) is 56.9 Å². The van der Waals surface area contributed by atoms with Gasteiger partial charge in [0.1, 0.15) is 11.8 Å². The highest BCUT2D eigenvalue weighted by Gasteiger charge is 2.69. The molecule has 6 aliphatic rings. The molecule has 5 fully saturated rings. The largest absolute Gasteiger partial charge is 0.462 e. The second-order valence-electron chi connectivity index (χ2n) is 14.3. The summed E-state index contributed by atoms with van der Waals surface area (Å²) >= 11 is 0. The molecule has 5 nitrogen and oxygen atoms in total. The van der Waals surface area contributed by atoms with Gasteiger partial charge in [0, 0.05) is 32.2 Å². The minimum atomic E-state index is -0.390. The maximum atomic E-state index is 12.8. The molecule has 0 aromatic rings. The molecule has 3 saturated carbocycles. The van der Waals surface area contributed by atoms with Crippen molar-refractivity contribution in [2.45, 2.75) is 124 Å². The SMILES string of the molecule is CCC(=O)O[C@H]1CC[C@@]2(C)C(=CCC3C4CC5OC6(CC[C@H](C)CN6C(C)=O)C(C)C5[C@@]4(C)CCC32)C1. The Morgan fingerprint density at radius 2 is 1.89 bits per heavy atom. The van der Waals surface area contributed by atoms with Gasteiger partial charge in [-0.25, -0.2) is 0 Å². The zero-order valence-corrected chi connectivity index (χ0v) is 24.1. The molecule has 0 bridgehead atoms. The van der Waals surface area contributed by atoms with Gasteiger partial charge in [0.25, 0.3) is 0 Å². The summed E-state index contributed by atoms with van der Waals surface area (Å²) in [5.41, 5.74) is 1.71. The normalized spacial score (nSPS) is 50.5. The maximum Gasteiger partial charge on any atom is 0.305 e. The van der Waals surface area contributed by atoms with E-state index in [0.29, 0.717) is 30.1 Å². The summed E-state index contributed by atoms with van der Waals surface area (Å²) in [6, 6.07) is 0. The number of esters is 1. The molecule has 4 aliphatic carbocycles. The standard InChI is InChI=1S/C32H49NO4/c1-7-28(35)36-23-11-13-30(5)22(16-23)8-9-24-25(30)12-14-31(6)26(24)17-27-29(31)20(3)32(37-27)15-10-19(2)18-33(32)21(4)34/h8,19-20,23-27,29H,7,9-18H2,1-6H3/t19-,20?,23-,24?,25?,26?,27?,29?,30-,31-,32?/m0/s1. The fourth-order valence-corrected chi connectivity index (χ4v) is 10.8. The average Bonchev–Trinajstić information content (AvgIpc) is 3.31. The summed E-state index contributed by atoms with van der Waals surface area (Å²) in [6.45, 7) is 14.3. The Hall–Kier alpha value is -1.36. The molecule has 206 valence electrons. The van der Waals surface area contributed by atoms with Crippen molar-refractivity contribution < 1.29 is 19.1 Å². The third kappa shape index (κ3) is 3.64. The Kier molecular flexibility index (Phi) is 6.18. The quantitative estimate of drug-likeness (QED) is 0.313. The van der Waals surface area contributed by atoms with Crippen LogP contribution in [0.4, 0.5) is 0 Å². The van der Waals surface area contributed by atoms with Gasteiger partial charge < -0.3 is 14.4 Å². The molecule has 0 N–H and O–H groups in total. The lowest BCUT2D eigenvalue weighted by Crippen LogP contribution is -2.60. The number of likely N-dealkylation sites (tertiary alicyclic amines) is 1. The molecule has 6 rings (SSSR count). The number of piperidine rings is 1. The number of hydrogen-bond acceptors (Lipinski definition) is 4. The van der Waals surface area contributed by atoms with Crippen LogP contribution in [0.15, 0.2) is 11.6 Å². The van der Waals surface area contributed by atoms with Crippen LogP contribution < -0.4 is 0 Å². The second kappa shape index (κ2) is 8.83. The van der Waals surface area contributed by atoms with Crippen molar-refractivity contribution in [1.82, 2.24) is 4.90 Å². The van der Waals surface area contributed by atoms with Gasteiger partial charge in [-0.3, -0.25) is 9.59 Å². The Balaban J connectivity index is 1.24. The predicted molar refractivity (Wildman–Crippen MR) is 143 cm³/mol. The predicted octanol–water partition coefficient (Wildman–Crippen LogP) is 6.51. The van der Waals surface area contributed by atoms with Crippen molar-refractivity contribution in [1.29, 1.82) is 0 Å². The van der Waals surface area contributed by atoms with Gasteiger partial charge in [-0.2, -0.15) is 0 Å². The third-order valence-corrected chi connectivity index (χ3v) is 12.7. The molecular weight excluding hydrogens is 462 g/mol. The van der Waals surface area contributed by atoms with Crippen LogP contribution in [0.1, 0.15) is 106 Å². The highest BCUT2D eigenvalue weighted by molar-refractivity contribution is 5.74. The number of ether oxygens (including phenoxy) is 2. The van der Waals surface area contributed by atoms with Crippen LogP contribution in [0.5, 0.6) is 0 Å². The highest BCUT2D eigenvalue weighted by Crippen LogP contribution is 2.70. The fraction of sp³-hybridized carbons (Fsp3) is 0.875. The molecule has 0 radical (unpaired) electrons. The summed E-state index contributed by atoms with van der Waals surface area (Å²) in [4.78, 5) is 26.9. The minimum Gasteiger partial charge on any atom is -0.462 e. The zero-order chi connectivity index (χ0) is 26.3. The van der Waals surface area contributed by atoms with E-state index in [9.17, 15) is 9.59 Å². The summed E-state index contributed by atoms with van der Waals surface area (Å²) < 4.78 is 12.9. The number of hydrogen-bond donors (Lipinski definition) is 0. The molecule has 37 heavy (non-hydrogen) atoms. The smallest absolute Gasteiger partial charge is 0.305 e. The van der Waals surface area contributed by atoms with Gasteiger partial charge in [-0.1, -0.05) is 46.3 Å². The molecule has 1 spiro atoms. The first kappa shape index (κ1) is 25.9. The molecular formula is C32H49NO4. The van der Waals surface area contributed by atoms with Crippen molar-refractivity contribution in [3.63, 3.8) is 0 Å². The van der Waals surface area contributed by atoms with E-state index < -0.39 is 5.72 Å². The molecule has 1 amide bonds. The molecule has 2 heterocycles. The lowest BCUT2D eigenvalue weighted by atomic mass is 9.46. The van der Waals surface area contributed by atoms with E-state index in [4.69, 9.17) is 9.47 Å². The summed E-state index contributed by atoms with van der Waals surface area (Å²) in [5, 5.41) is 0. The molecule has 5 heteroatoms.